The van der Waals surface area contributed by atoms with Crippen molar-refractivity contribution in [2.45, 2.75) is 39.1 Å². The highest BCUT2D eigenvalue weighted by atomic mass is 16.7. The second-order valence-electron chi connectivity index (χ2n) is 4.26. The van der Waals surface area contributed by atoms with E-state index in [1.807, 2.05) is 51.1 Å². The fraction of sp³-hybridized carbons (Fsp3) is 0.400. The molecular weight excluding hydrogens is 228 g/mol. The standard InChI is InChI=1S/C15H20O3/c1-5-14(16)18-15(6-2,17-12(3)4)13-10-8-7-9-11-13/h5,7-12H,1,6H2,2-4H3. The predicted octanol–water partition coefficient (Wildman–Crippen LogP) is 3.40. The van der Waals surface area contributed by atoms with Gasteiger partial charge >= 0.3 is 5.97 Å². The molecule has 0 radical (unpaired) electrons. The third-order valence-corrected chi connectivity index (χ3v) is 2.54. The molecule has 0 N–H and O–H groups in total. The number of hydrogen-bond donors (Lipinski definition) is 0. The first-order valence-electron chi connectivity index (χ1n) is 6.13. The fourth-order valence-corrected chi connectivity index (χ4v) is 1.79. The van der Waals surface area contributed by atoms with Crippen molar-refractivity contribution >= 4 is 5.97 Å². The topological polar surface area (TPSA) is 35.5 Å². The van der Waals surface area contributed by atoms with Crippen LogP contribution >= 0.6 is 0 Å². The van der Waals surface area contributed by atoms with Gasteiger partial charge in [-0.3, -0.25) is 0 Å². The van der Waals surface area contributed by atoms with Crippen molar-refractivity contribution in [1.29, 1.82) is 0 Å². The molecule has 0 bridgehead atoms. The number of carbonyl (C=O) groups excluding carboxylic acids is 1. The second-order valence-corrected chi connectivity index (χ2v) is 4.26. The SMILES string of the molecule is C=CC(=O)OC(CC)(OC(C)C)c1ccccc1. The molecule has 0 aliphatic carbocycles. The monoisotopic (exact) mass is 248 g/mol. The number of benzene rings is 1. The third kappa shape index (κ3) is 3.44. The van der Waals surface area contributed by atoms with Crippen molar-refractivity contribution < 1.29 is 14.3 Å². The Morgan fingerprint density at radius 1 is 1.39 bits per heavy atom. The zero-order valence-electron chi connectivity index (χ0n) is 11.2. The molecule has 0 saturated heterocycles. The summed E-state index contributed by atoms with van der Waals surface area (Å²) in [6.45, 7) is 9.17. The summed E-state index contributed by atoms with van der Waals surface area (Å²) >= 11 is 0. The number of ether oxygens (including phenoxy) is 2. The van der Waals surface area contributed by atoms with Crippen LogP contribution in [0.2, 0.25) is 0 Å². The normalized spacial score (nSPS) is 14.0. The molecule has 18 heavy (non-hydrogen) atoms. The van der Waals surface area contributed by atoms with Gasteiger partial charge < -0.3 is 9.47 Å². The zero-order chi connectivity index (χ0) is 13.6. The first-order valence-corrected chi connectivity index (χ1v) is 6.13. The van der Waals surface area contributed by atoms with Gasteiger partial charge in [0, 0.05) is 18.1 Å². The molecule has 0 saturated carbocycles. The largest absolute Gasteiger partial charge is 0.425 e. The molecule has 0 amide bonds. The summed E-state index contributed by atoms with van der Waals surface area (Å²) < 4.78 is 11.3. The lowest BCUT2D eigenvalue weighted by atomic mass is 10.0. The molecule has 0 aliphatic heterocycles. The van der Waals surface area contributed by atoms with Gasteiger partial charge in [-0.1, -0.05) is 43.8 Å². The minimum atomic E-state index is -1.04. The average Bonchev–Trinajstić information content (AvgIpc) is 2.38. The van der Waals surface area contributed by atoms with Crippen LogP contribution in [0.4, 0.5) is 0 Å². The Morgan fingerprint density at radius 3 is 2.44 bits per heavy atom. The number of esters is 1. The van der Waals surface area contributed by atoms with Crippen molar-refractivity contribution in [3.05, 3.63) is 48.6 Å². The quantitative estimate of drug-likeness (QED) is 0.439. The molecule has 1 aromatic rings. The summed E-state index contributed by atoms with van der Waals surface area (Å²) in [5.41, 5.74) is 0.830. The van der Waals surface area contributed by atoms with E-state index in [1.54, 1.807) is 0 Å². The molecular formula is C15H20O3. The van der Waals surface area contributed by atoms with Gasteiger partial charge in [0.05, 0.1) is 6.10 Å². The van der Waals surface area contributed by atoms with Crippen LogP contribution in [0, 0.1) is 0 Å². The van der Waals surface area contributed by atoms with Crippen molar-refractivity contribution in [1.82, 2.24) is 0 Å². The van der Waals surface area contributed by atoms with Crippen LogP contribution in [-0.4, -0.2) is 12.1 Å². The second kappa shape index (κ2) is 6.36. The Kier molecular flexibility index (Phi) is 5.10. The third-order valence-electron chi connectivity index (χ3n) is 2.54. The van der Waals surface area contributed by atoms with E-state index >= 15 is 0 Å². The maximum absolute atomic E-state index is 11.5. The lowest BCUT2D eigenvalue weighted by Gasteiger charge is -2.34. The van der Waals surface area contributed by atoms with Gasteiger partial charge in [0.25, 0.3) is 0 Å². The molecule has 1 rings (SSSR count). The molecule has 1 unspecified atom stereocenters. The molecule has 1 atom stereocenters. The highest BCUT2D eigenvalue weighted by Crippen LogP contribution is 2.32. The highest BCUT2D eigenvalue weighted by molar-refractivity contribution is 5.81. The first kappa shape index (κ1) is 14.5. The first-order chi connectivity index (χ1) is 8.54. The average molecular weight is 248 g/mol. The summed E-state index contributed by atoms with van der Waals surface area (Å²) in [4.78, 5) is 11.5. The predicted molar refractivity (Wildman–Crippen MR) is 70.9 cm³/mol. The van der Waals surface area contributed by atoms with Crippen molar-refractivity contribution in [3.63, 3.8) is 0 Å². The van der Waals surface area contributed by atoms with Crippen LogP contribution < -0.4 is 0 Å². The summed E-state index contributed by atoms with van der Waals surface area (Å²) in [6.07, 6.45) is 1.63. The minimum absolute atomic E-state index is 0.0530. The molecule has 3 nitrogen and oxygen atoms in total. The van der Waals surface area contributed by atoms with E-state index in [9.17, 15) is 4.79 Å². The van der Waals surface area contributed by atoms with E-state index < -0.39 is 11.8 Å². The van der Waals surface area contributed by atoms with E-state index in [0.717, 1.165) is 11.6 Å². The lowest BCUT2D eigenvalue weighted by Crippen LogP contribution is -2.36. The van der Waals surface area contributed by atoms with Gasteiger partial charge in [0.1, 0.15) is 0 Å². The van der Waals surface area contributed by atoms with Gasteiger partial charge in [-0.2, -0.15) is 0 Å². The van der Waals surface area contributed by atoms with Crippen LogP contribution in [0.15, 0.2) is 43.0 Å². The van der Waals surface area contributed by atoms with Gasteiger partial charge in [-0.05, 0) is 13.8 Å². The molecule has 0 spiro atoms. The molecule has 98 valence electrons. The van der Waals surface area contributed by atoms with Crippen molar-refractivity contribution in [3.8, 4) is 0 Å². The molecule has 0 fully saturated rings. The van der Waals surface area contributed by atoms with Gasteiger partial charge in [0.2, 0.25) is 5.79 Å². The number of carbonyl (C=O) groups is 1. The summed E-state index contributed by atoms with van der Waals surface area (Å²) in [7, 11) is 0. The van der Waals surface area contributed by atoms with Crippen LogP contribution in [0.3, 0.4) is 0 Å². The zero-order valence-corrected chi connectivity index (χ0v) is 11.2. The fourth-order valence-electron chi connectivity index (χ4n) is 1.79. The maximum Gasteiger partial charge on any atom is 0.332 e. The number of rotatable bonds is 6. The lowest BCUT2D eigenvalue weighted by molar-refractivity contribution is -0.251. The van der Waals surface area contributed by atoms with E-state index in [2.05, 4.69) is 6.58 Å². The Morgan fingerprint density at radius 2 is 2.00 bits per heavy atom. The van der Waals surface area contributed by atoms with Crippen molar-refractivity contribution in [2.75, 3.05) is 0 Å². The van der Waals surface area contributed by atoms with Gasteiger partial charge in [-0.25, -0.2) is 4.79 Å². The van der Waals surface area contributed by atoms with Crippen LogP contribution in [0.5, 0.6) is 0 Å². The van der Waals surface area contributed by atoms with E-state index in [1.165, 1.54) is 0 Å². The number of hydrogen-bond acceptors (Lipinski definition) is 3. The van der Waals surface area contributed by atoms with E-state index in [0.29, 0.717) is 6.42 Å². The van der Waals surface area contributed by atoms with E-state index in [-0.39, 0.29) is 6.10 Å². The van der Waals surface area contributed by atoms with E-state index in [4.69, 9.17) is 9.47 Å². The van der Waals surface area contributed by atoms with Crippen LogP contribution in [-0.2, 0) is 20.1 Å². The maximum atomic E-state index is 11.5. The Labute approximate surface area is 108 Å². The van der Waals surface area contributed by atoms with Crippen molar-refractivity contribution in [2.24, 2.45) is 0 Å². The molecule has 0 aliphatic rings. The molecule has 0 heterocycles. The smallest absolute Gasteiger partial charge is 0.332 e. The summed E-state index contributed by atoms with van der Waals surface area (Å²) in [6, 6.07) is 9.48. The Balaban J connectivity index is 3.13. The Hall–Kier alpha value is -1.61. The molecule has 3 heteroatoms. The van der Waals surface area contributed by atoms with Crippen LogP contribution in [0.1, 0.15) is 32.8 Å². The summed E-state index contributed by atoms with van der Waals surface area (Å²) in [5, 5.41) is 0. The van der Waals surface area contributed by atoms with Gasteiger partial charge in [0.15, 0.2) is 0 Å². The highest BCUT2D eigenvalue weighted by Gasteiger charge is 2.36. The Bertz CT molecular complexity index is 397. The summed E-state index contributed by atoms with van der Waals surface area (Å²) in [5.74, 6) is -1.53. The molecule has 1 aromatic carbocycles. The minimum Gasteiger partial charge on any atom is -0.425 e. The van der Waals surface area contributed by atoms with Crippen LogP contribution in [0.25, 0.3) is 0 Å². The molecule has 0 aromatic heterocycles. The van der Waals surface area contributed by atoms with Gasteiger partial charge in [-0.15, -0.1) is 0 Å².